The molecule has 5 rings (SSSR count). The molecule has 0 radical (unpaired) electrons. The first-order valence-corrected chi connectivity index (χ1v) is 12.5. The van der Waals surface area contributed by atoms with Gasteiger partial charge in [0.1, 0.15) is 22.0 Å². The molecule has 0 spiro atoms. The van der Waals surface area contributed by atoms with E-state index >= 15 is 0 Å². The lowest BCUT2D eigenvalue weighted by molar-refractivity contribution is 0.340. The Labute approximate surface area is 202 Å². The molecule has 0 unspecified atom stereocenters. The zero-order valence-electron chi connectivity index (χ0n) is 19.2. The number of anilines is 1. The number of aromatic nitrogens is 3. The van der Waals surface area contributed by atoms with Crippen molar-refractivity contribution in [3.8, 4) is 5.75 Å². The van der Waals surface area contributed by atoms with Crippen LogP contribution in [0.25, 0.3) is 22.2 Å². The summed E-state index contributed by atoms with van der Waals surface area (Å²) in [5, 5.41) is 4.49. The summed E-state index contributed by atoms with van der Waals surface area (Å²) in [7, 11) is -3.99. The molecule has 2 N–H and O–H groups in total. The third-order valence-electron chi connectivity index (χ3n) is 5.54. The zero-order valence-corrected chi connectivity index (χ0v) is 20.0. The molecule has 8 nitrogen and oxygen atoms in total. The number of benzene rings is 3. The van der Waals surface area contributed by atoms with Gasteiger partial charge in [0.05, 0.1) is 28.8 Å². The van der Waals surface area contributed by atoms with Gasteiger partial charge in [-0.3, -0.25) is 0 Å². The van der Waals surface area contributed by atoms with Gasteiger partial charge in [-0.25, -0.2) is 18.4 Å². The molecule has 3 aromatic carbocycles. The minimum Gasteiger partial charge on any atom is -0.494 e. The molecule has 0 fully saturated rings. The van der Waals surface area contributed by atoms with Crippen molar-refractivity contribution in [2.24, 2.45) is 5.10 Å². The lowest BCUT2D eigenvalue weighted by Crippen LogP contribution is -2.06. The van der Waals surface area contributed by atoms with E-state index in [2.05, 4.69) is 15.1 Å². The van der Waals surface area contributed by atoms with Crippen molar-refractivity contribution in [2.45, 2.75) is 23.6 Å². The van der Waals surface area contributed by atoms with Crippen LogP contribution < -0.4 is 10.5 Å². The number of hydrogen-bond acceptors (Lipinski definition) is 7. The van der Waals surface area contributed by atoms with Crippen molar-refractivity contribution >= 4 is 44.1 Å². The number of sulfone groups is 1. The van der Waals surface area contributed by atoms with Crippen molar-refractivity contribution in [1.82, 2.24) is 14.6 Å². The standard InChI is InChI=1S/C26H23N5O3S/c1-3-34-19-12-10-18(11-13-19)16-28-31-25(27)24(35(32,33)20-14-8-17(2)9-15-20)23-26(31)30-22-7-5-4-6-21(22)29-23/h4-16H,3,27H2,1-2H3. The second-order valence-electron chi connectivity index (χ2n) is 7.97. The largest absolute Gasteiger partial charge is 0.494 e. The molecule has 5 aromatic rings. The predicted molar refractivity (Wildman–Crippen MR) is 137 cm³/mol. The van der Waals surface area contributed by atoms with Crippen LogP contribution in [0, 0.1) is 6.92 Å². The van der Waals surface area contributed by atoms with Gasteiger partial charge < -0.3 is 10.5 Å². The number of aryl methyl sites for hydroxylation is 1. The Bertz CT molecular complexity index is 1670. The molecule has 0 aliphatic rings. The van der Waals surface area contributed by atoms with Crippen LogP contribution in [-0.2, 0) is 9.84 Å². The summed E-state index contributed by atoms with van der Waals surface area (Å²) in [5.41, 5.74) is 9.76. The molecule has 35 heavy (non-hydrogen) atoms. The number of fused-ring (bicyclic) bond motifs is 2. The van der Waals surface area contributed by atoms with Crippen LogP contribution in [0.15, 0.2) is 87.7 Å². The third-order valence-corrected chi connectivity index (χ3v) is 7.37. The maximum absolute atomic E-state index is 13.7. The molecular weight excluding hydrogens is 462 g/mol. The van der Waals surface area contributed by atoms with Gasteiger partial charge in [-0.05, 0) is 67.9 Å². The normalized spacial score (nSPS) is 12.1. The highest BCUT2D eigenvalue weighted by atomic mass is 32.2. The maximum Gasteiger partial charge on any atom is 0.212 e. The molecule has 9 heteroatoms. The highest BCUT2D eigenvalue weighted by molar-refractivity contribution is 7.92. The van der Waals surface area contributed by atoms with E-state index in [-0.39, 0.29) is 26.8 Å². The van der Waals surface area contributed by atoms with E-state index in [0.717, 1.165) is 16.9 Å². The summed E-state index contributed by atoms with van der Waals surface area (Å²) in [6.45, 7) is 4.39. The molecule has 0 aliphatic carbocycles. The van der Waals surface area contributed by atoms with Crippen molar-refractivity contribution in [3.63, 3.8) is 0 Å². The Morgan fingerprint density at radius 2 is 1.63 bits per heavy atom. The molecule has 0 saturated heterocycles. The summed E-state index contributed by atoms with van der Waals surface area (Å²) < 4.78 is 34.2. The summed E-state index contributed by atoms with van der Waals surface area (Å²) in [6.07, 6.45) is 1.59. The molecule has 0 atom stereocenters. The van der Waals surface area contributed by atoms with Crippen molar-refractivity contribution in [2.75, 3.05) is 12.3 Å². The molecule has 0 bridgehead atoms. The Kier molecular flexibility index (Phi) is 5.70. The van der Waals surface area contributed by atoms with Gasteiger partial charge in [0.25, 0.3) is 0 Å². The first-order chi connectivity index (χ1) is 16.9. The third kappa shape index (κ3) is 4.10. The number of rotatable bonds is 6. The van der Waals surface area contributed by atoms with E-state index in [9.17, 15) is 8.42 Å². The Morgan fingerprint density at radius 3 is 2.29 bits per heavy atom. The fraction of sp³-hybridized carbons (Fsp3) is 0.115. The summed E-state index contributed by atoms with van der Waals surface area (Å²) in [6, 6.07) is 21.2. The number of nitrogens with zero attached hydrogens (tertiary/aromatic N) is 4. The zero-order chi connectivity index (χ0) is 24.6. The monoisotopic (exact) mass is 485 g/mol. The van der Waals surface area contributed by atoms with Gasteiger partial charge in [-0.1, -0.05) is 29.8 Å². The molecule has 0 saturated carbocycles. The highest BCUT2D eigenvalue weighted by Gasteiger charge is 2.30. The van der Waals surface area contributed by atoms with Crippen LogP contribution in [0.4, 0.5) is 5.82 Å². The molecule has 0 aliphatic heterocycles. The van der Waals surface area contributed by atoms with Gasteiger partial charge in [0.15, 0.2) is 5.65 Å². The Morgan fingerprint density at radius 1 is 0.971 bits per heavy atom. The minimum absolute atomic E-state index is 0.0573. The Hall–Kier alpha value is -4.24. The second kappa shape index (κ2) is 8.84. The molecule has 0 amide bonds. The van der Waals surface area contributed by atoms with Crippen LogP contribution in [-0.4, -0.2) is 35.9 Å². The highest BCUT2D eigenvalue weighted by Crippen LogP contribution is 2.35. The summed E-state index contributed by atoms with van der Waals surface area (Å²) in [4.78, 5) is 9.29. The SMILES string of the molecule is CCOc1ccc(C=Nn2c(N)c(S(=O)(=O)c3ccc(C)cc3)c3nc4ccccc4nc32)cc1. The average molecular weight is 486 g/mol. The lowest BCUT2D eigenvalue weighted by atomic mass is 10.2. The average Bonchev–Trinajstić information content (AvgIpc) is 3.13. The van der Waals surface area contributed by atoms with Crippen molar-refractivity contribution in [3.05, 3.63) is 83.9 Å². The van der Waals surface area contributed by atoms with Gasteiger partial charge in [-0.15, -0.1) is 0 Å². The quantitative estimate of drug-likeness (QED) is 0.352. The first-order valence-electron chi connectivity index (χ1n) is 11.0. The van der Waals surface area contributed by atoms with Gasteiger partial charge >= 0.3 is 0 Å². The van der Waals surface area contributed by atoms with Crippen LogP contribution in [0.3, 0.4) is 0 Å². The number of nitrogens with two attached hydrogens (primary N) is 1. The van der Waals surface area contributed by atoms with Gasteiger partial charge in [0, 0.05) is 0 Å². The van der Waals surface area contributed by atoms with Crippen molar-refractivity contribution < 1.29 is 13.2 Å². The molecule has 176 valence electrons. The number of nitrogen functional groups attached to an aromatic ring is 1. The first kappa shape index (κ1) is 22.5. The van der Waals surface area contributed by atoms with Crippen LogP contribution in [0.2, 0.25) is 0 Å². The van der Waals surface area contributed by atoms with E-state index < -0.39 is 9.84 Å². The fourth-order valence-electron chi connectivity index (χ4n) is 3.78. The predicted octanol–water partition coefficient (Wildman–Crippen LogP) is 4.59. The second-order valence-corrected chi connectivity index (χ2v) is 9.86. The van der Waals surface area contributed by atoms with Gasteiger partial charge in [-0.2, -0.15) is 9.78 Å². The van der Waals surface area contributed by atoms with E-state index in [1.807, 2.05) is 50.2 Å². The molecule has 2 heterocycles. The van der Waals surface area contributed by atoms with E-state index in [1.165, 1.54) is 4.68 Å². The van der Waals surface area contributed by atoms with E-state index in [4.69, 9.17) is 10.5 Å². The molecule has 2 aromatic heterocycles. The van der Waals surface area contributed by atoms with Crippen molar-refractivity contribution in [1.29, 1.82) is 0 Å². The molecular formula is C26H23N5O3S. The minimum atomic E-state index is -3.99. The van der Waals surface area contributed by atoms with Gasteiger partial charge in [0.2, 0.25) is 9.84 Å². The number of hydrogen-bond donors (Lipinski definition) is 1. The number of ether oxygens (including phenoxy) is 1. The van der Waals surface area contributed by atoms with Crippen LogP contribution >= 0.6 is 0 Å². The topological polar surface area (TPSA) is 112 Å². The van der Waals surface area contributed by atoms with E-state index in [0.29, 0.717) is 17.6 Å². The Balaban J connectivity index is 1.71. The smallest absolute Gasteiger partial charge is 0.212 e. The maximum atomic E-state index is 13.7. The lowest BCUT2D eigenvalue weighted by Gasteiger charge is -2.05. The summed E-state index contributed by atoms with van der Waals surface area (Å²) in [5.74, 6) is 0.692. The van der Waals surface area contributed by atoms with Crippen LogP contribution in [0.5, 0.6) is 5.75 Å². The van der Waals surface area contributed by atoms with Crippen LogP contribution in [0.1, 0.15) is 18.1 Å². The number of para-hydroxylation sites is 2. The van der Waals surface area contributed by atoms with E-state index in [1.54, 1.807) is 42.6 Å². The fourth-order valence-corrected chi connectivity index (χ4v) is 5.26. The summed E-state index contributed by atoms with van der Waals surface area (Å²) >= 11 is 0.